The molecule has 0 saturated heterocycles. The zero-order chi connectivity index (χ0) is 19.7. The second kappa shape index (κ2) is 7.64. The molecule has 5 nitrogen and oxygen atoms in total. The highest BCUT2D eigenvalue weighted by atomic mass is 32.1. The first-order valence-corrected chi connectivity index (χ1v) is 9.82. The Morgan fingerprint density at radius 1 is 1.11 bits per heavy atom. The lowest BCUT2D eigenvalue weighted by Gasteiger charge is -2.14. The number of nitrogens with one attached hydrogen (secondary N) is 1. The molecule has 0 aliphatic heterocycles. The third-order valence-electron chi connectivity index (χ3n) is 4.76. The minimum atomic E-state index is -0.910. The molecule has 3 rings (SSSR count). The van der Waals surface area contributed by atoms with Gasteiger partial charge >= 0.3 is 5.97 Å². The van der Waals surface area contributed by atoms with Crippen molar-refractivity contribution >= 4 is 34.0 Å². The number of ether oxygens (including phenoxy) is 1. The van der Waals surface area contributed by atoms with E-state index in [2.05, 4.69) is 5.32 Å². The number of hydrogen-bond donors (Lipinski definition) is 1. The summed E-state index contributed by atoms with van der Waals surface area (Å²) in [6.07, 6.45) is 0.862. The van der Waals surface area contributed by atoms with Crippen LogP contribution in [0.25, 0.3) is 0 Å². The summed E-state index contributed by atoms with van der Waals surface area (Å²) in [7, 11) is 0. The molecule has 0 bridgehead atoms. The molecular weight excluding hydrogens is 362 g/mol. The van der Waals surface area contributed by atoms with Gasteiger partial charge in [0.05, 0.1) is 5.56 Å². The molecule has 0 spiro atoms. The highest BCUT2D eigenvalue weighted by Gasteiger charge is 2.32. The smallest absolute Gasteiger partial charge is 0.342 e. The van der Waals surface area contributed by atoms with E-state index in [9.17, 15) is 14.4 Å². The molecule has 1 N–H and O–H groups in total. The van der Waals surface area contributed by atoms with Crippen molar-refractivity contribution in [1.29, 1.82) is 0 Å². The van der Waals surface area contributed by atoms with E-state index < -0.39 is 12.1 Å². The number of amides is 1. The minimum absolute atomic E-state index is 0.0404. The Hall–Kier alpha value is -2.47. The maximum atomic E-state index is 12.7. The first kappa shape index (κ1) is 19.3. The Kier molecular flexibility index (Phi) is 5.46. The molecule has 142 valence electrons. The summed E-state index contributed by atoms with van der Waals surface area (Å²) in [4.78, 5) is 38.3. The summed E-state index contributed by atoms with van der Waals surface area (Å²) in [6, 6.07) is 7.14. The normalized spacial score (nSPS) is 14.5. The number of thiophene rings is 1. The fourth-order valence-electron chi connectivity index (χ4n) is 2.75. The van der Waals surface area contributed by atoms with Gasteiger partial charge in [0.1, 0.15) is 5.00 Å². The first-order chi connectivity index (χ1) is 12.8. The fourth-order valence-corrected chi connectivity index (χ4v) is 3.80. The van der Waals surface area contributed by atoms with Gasteiger partial charge in [0.25, 0.3) is 0 Å². The van der Waals surface area contributed by atoms with Crippen LogP contribution in [-0.4, -0.2) is 23.8 Å². The van der Waals surface area contributed by atoms with E-state index >= 15 is 0 Å². The minimum Gasteiger partial charge on any atom is -0.451 e. The van der Waals surface area contributed by atoms with Gasteiger partial charge in [0, 0.05) is 16.4 Å². The van der Waals surface area contributed by atoms with Gasteiger partial charge in [-0.05, 0) is 46.1 Å². The number of benzene rings is 1. The van der Waals surface area contributed by atoms with Crippen molar-refractivity contribution in [2.24, 2.45) is 5.92 Å². The van der Waals surface area contributed by atoms with Crippen molar-refractivity contribution in [3.05, 3.63) is 51.4 Å². The number of carbonyl (C=O) groups is 3. The fraction of sp³-hybridized carbons (Fsp3) is 0.381. The quantitative estimate of drug-likeness (QED) is 0.589. The third-order valence-corrected chi connectivity index (χ3v) is 5.89. The van der Waals surface area contributed by atoms with E-state index in [0.717, 1.165) is 28.8 Å². The first-order valence-electron chi connectivity index (χ1n) is 9.00. The largest absolute Gasteiger partial charge is 0.451 e. The molecule has 1 aromatic heterocycles. The van der Waals surface area contributed by atoms with Crippen molar-refractivity contribution in [2.45, 2.75) is 46.6 Å². The Bertz CT molecular complexity index is 894. The molecule has 1 atom stereocenters. The third kappa shape index (κ3) is 4.27. The summed E-state index contributed by atoms with van der Waals surface area (Å²) in [6.45, 7) is 7.22. The SMILES string of the molecule is Cc1ccc(C(=O)[C@@H](C)OC(=O)c2c(NC(=O)C3CC3)sc(C)c2C)cc1. The van der Waals surface area contributed by atoms with Crippen LogP contribution in [-0.2, 0) is 9.53 Å². The summed E-state index contributed by atoms with van der Waals surface area (Å²) in [5.41, 5.74) is 2.67. The molecule has 0 unspecified atom stereocenters. The van der Waals surface area contributed by atoms with Crippen molar-refractivity contribution in [2.75, 3.05) is 5.32 Å². The number of rotatable bonds is 6. The van der Waals surface area contributed by atoms with E-state index in [4.69, 9.17) is 4.74 Å². The summed E-state index contributed by atoms with van der Waals surface area (Å²) < 4.78 is 5.44. The zero-order valence-corrected chi connectivity index (χ0v) is 16.7. The number of esters is 1. The zero-order valence-electron chi connectivity index (χ0n) is 15.9. The number of hydrogen-bond acceptors (Lipinski definition) is 5. The number of anilines is 1. The Morgan fingerprint density at radius 2 is 1.74 bits per heavy atom. The molecule has 1 aliphatic carbocycles. The van der Waals surface area contributed by atoms with E-state index in [1.165, 1.54) is 11.3 Å². The van der Waals surface area contributed by atoms with E-state index in [1.807, 2.05) is 32.9 Å². The van der Waals surface area contributed by atoms with Crippen molar-refractivity contribution < 1.29 is 19.1 Å². The predicted octanol–water partition coefficient (Wildman–Crippen LogP) is 4.45. The van der Waals surface area contributed by atoms with Crippen LogP contribution < -0.4 is 5.32 Å². The van der Waals surface area contributed by atoms with Gasteiger partial charge in [-0.15, -0.1) is 11.3 Å². The molecule has 1 fully saturated rings. The lowest BCUT2D eigenvalue weighted by atomic mass is 10.1. The maximum absolute atomic E-state index is 12.7. The molecule has 6 heteroatoms. The Morgan fingerprint density at radius 3 is 2.33 bits per heavy atom. The second-order valence-corrected chi connectivity index (χ2v) is 8.25. The van der Waals surface area contributed by atoms with Gasteiger partial charge in [0.15, 0.2) is 6.10 Å². The lowest BCUT2D eigenvalue weighted by Crippen LogP contribution is -2.25. The summed E-state index contributed by atoms with van der Waals surface area (Å²) in [5.74, 6) is -0.861. The van der Waals surface area contributed by atoms with Gasteiger partial charge in [-0.1, -0.05) is 29.8 Å². The number of ketones is 1. The van der Waals surface area contributed by atoms with Crippen molar-refractivity contribution in [3.8, 4) is 0 Å². The highest BCUT2D eigenvalue weighted by molar-refractivity contribution is 7.16. The van der Waals surface area contributed by atoms with Crippen molar-refractivity contribution in [3.63, 3.8) is 0 Å². The van der Waals surface area contributed by atoms with Crippen LogP contribution in [0.5, 0.6) is 0 Å². The average molecular weight is 385 g/mol. The highest BCUT2D eigenvalue weighted by Crippen LogP contribution is 2.36. The lowest BCUT2D eigenvalue weighted by molar-refractivity contribution is -0.117. The Balaban J connectivity index is 1.75. The van der Waals surface area contributed by atoms with Gasteiger partial charge in [-0.25, -0.2) is 4.79 Å². The molecule has 27 heavy (non-hydrogen) atoms. The van der Waals surface area contributed by atoms with Gasteiger partial charge < -0.3 is 10.1 Å². The molecule has 1 aliphatic rings. The van der Waals surface area contributed by atoms with Gasteiger partial charge in [-0.2, -0.15) is 0 Å². The molecule has 1 saturated carbocycles. The van der Waals surface area contributed by atoms with Gasteiger partial charge in [0.2, 0.25) is 11.7 Å². The molecular formula is C21H23NO4S. The van der Waals surface area contributed by atoms with Crippen LogP contribution in [0.4, 0.5) is 5.00 Å². The number of Topliss-reactive ketones (excluding diaryl/α,β-unsaturated/α-hetero) is 1. The van der Waals surface area contributed by atoms with Gasteiger partial charge in [-0.3, -0.25) is 9.59 Å². The van der Waals surface area contributed by atoms with Crippen LogP contribution in [0, 0.1) is 26.7 Å². The predicted molar refractivity (Wildman–Crippen MR) is 106 cm³/mol. The van der Waals surface area contributed by atoms with Crippen LogP contribution in [0.3, 0.4) is 0 Å². The van der Waals surface area contributed by atoms with E-state index in [1.54, 1.807) is 19.1 Å². The monoisotopic (exact) mass is 385 g/mol. The summed E-state index contributed by atoms with van der Waals surface area (Å²) >= 11 is 1.36. The van der Waals surface area contributed by atoms with Crippen molar-refractivity contribution in [1.82, 2.24) is 0 Å². The average Bonchev–Trinajstić information content (AvgIpc) is 3.42. The Labute approximate surface area is 162 Å². The topological polar surface area (TPSA) is 72.5 Å². The molecule has 2 aromatic rings. The van der Waals surface area contributed by atoms with Crippen LogP contribution >= 0.6 is 11.3 Å². The van der Waals surface area contributed by atoms with Crippen LogP contribution in [0.2, 0.25) is 0 Å². The second-order valence-electron chi connectivity index (χ2n) is 7.03. The van der Waals surface area contributed by atoms with Crippen LogP contribution in [0.1, 0.15) is 56.5 Å². The summed E-state index contributed by atoms with van der Waals surface area (Å²) in [5, 5.41) is 3.35. The molecule has 1 amide bonds. The maximum Gasteiger partial charge on any atom is 0.342 e. The molecule has 1 aromatic carbocycles. The number of carbonyl (C=O) groups excluding carboxylic acids is 3. The molecule has 0 radical (unpaired) electrons. The van der Waals surface area contributed by atoms with Crippen LogP contribution in [0.15, 0.2) is 24.3 Å². The number of aryl methyl sites for hydroxylation is 2. The standard InChI is InChI=1S/C21H23NO4S/c1-11-5-7-15(8-6-11)18(23)13(3)26-21(25)17-12(2)14(4)27-20(17)22-19(24)16-9-10-16/h5-8,13,16H,9-10H2,1-4H3,(H,22,24)/t13-/m1/s1. The molecule has 1 heterocycles. The van der Waals surface area contributed by atoms with E-state index in [0.29, 0.717) is 16.1 Å². The van der Waals surface area contributed by atoms with E-state index in [-0.39, 0.29) is 17.6 Å².